The van der Waals surface area contributed by atoms with Crippen LogP contribution in [0.1, 0.15) is 0 Å². The summed E-state index contributed by atoms with van der Waals surface area (Å²) >= 11 is 0. The predicted molar refractivity (Wildman–Crippen MR) is 64.7 cm³/mol. The molecule has 2 aromatic heterocycles. The van der Waals surface area contributed by atoms with Crippen LogP contribution in [0.3, 0.4) is 0 Å². The highest BCUT2D eigenvalue weighted by molar-refractivity contribution is 5.99. The number of H-pyrrole nitrogens is 1. The predicted octanol–water partition coefficient (Wildman–Crippen LogP) is 0.793. The van der Waals surface area contributed by atoms with Crippen molar-refractivity contribution in [3.63, 3.8) is 0 Å². The molecule has 3 rings (SSSR count). The molecule has 0 radical (unpaired) electrons. The number of rotatable bonds is 3. The smallest absolute Gasteiger partial charge is 0.247 e. The summed E-state index contributed by atoms with van der Waals surface area (Å²) in [7, 11) is 0. The third kappa shape index (κ3) is 1.93. The van der Waals surface area contributed by atoms with Crippen molar-refractivity contribution in [1.29, 1.82) is 0 Å². The number of hydrogen-bond donors (Lipinski definition) is 2. The molecule has 0 saturated heterocycles. The number of hydrogen-bond acceptors (Lipinski definition) is 4. The second-order valence-electron chi connectivity index (χ2n) is 3.77. The lowest BCUT2D eigenvalue weighted by molar-refractivity contribution is -0.116. The topological polar surface area (TPSA) is 88.5 Å². The van der Waals surface area contributed by atoms with Crippen molar-refractivity contribution < 1.29 is 4.79 Å². The number of carbonyl (C=O) groups is 1. The summed E-state index contributed by atoms with van der Waals surface area (Å²) in [4.78, 5) is 11.8. The van der Waals surface area contributed by atoms with E-state index in [1.165, 1.54) is 10.9 Å². The minimum atomic E-state index is -0.197. The van der Waals surface area contributed by atoms with Crippen LogP contribution in [0, 0.1) is 0 Å². The maximum Gasteiger partial charge on any atom is 0.247 e. The average molecular weight is 242 g/mol. The molecule has 0 aliphatic rings. The third-order valence-electron chi connectivity index (χ3n) is 2.51. The molecule has 0 aliphatic heterocycles. The molecule has 0 bridgehead atoms. The van der Waals surface area contributed by atoms with Crippen LogP contribution < -0.4 is 5.32 Å². The molecule has 2 N–H and O–H groups in total. The van der Waals surface area contributed by atoms with Crippen molar-refractivity contribution >= 4 is 22.6 Å². The number of para-hydroxylation sites is 1. The number of nitrogens with zero attached hydrogens (tertiary/aromatic N) is 4. The normalized spacial score (nSPS) is 10.7. The first-order valence-corrected chi connectivity index (χ1v) is 5.40. The van der Waals surface area contributed by atoms with E-state index in [1.54, 1.807) is 6.20 Å². The molecule has 0 fully saturated rings. The second kappa shape index (κ2) is 4.28. The van der Waals surface area contributed by atoms with Gasteiger partial charge in [0.1, 0.15) is 6.54 Å². The summed E-state index contributed by atoms with van der Waals surface area (Å²) in [6, 6.07) is 7.59. The molecule has 0 aliphatic carbocycles. The van der Waals surface area contributed by atoms with Gasteiger partial charge >= 0.3 is 0 Å². The number of benzene rings is 1. The Morgan fingerprint density at radius 2 is 2.28 bits per heavy atom. The number of aromatic nitrogens is 5. The Labute approximate surface area is 102 Å². The molecule has 0 spiro atoms. The van der Waals surface area contributed by atoms with E-state index < -0.39 is 0 Å². The van der Waals surface area contributed by atoms with E-state index in [0.29, 0.717) is 5.82 Å². The Hall–Kier alpha value is -2.70. The van der Waals surface area contributed by atoms with Gasteiger partial charge in [-0.2, -0.15) is 5.10 Å². The number of nitrogens with one attached hydrogen (secondary N) is 2. The fraction of sp³-hybridized carbons (Fsp3) is 0.0909. The monoisotopic (exact) mass is 242 g/mol. The van der Waals surface area contributed by atoms with Gasteiger partial charge in [0.2, 0.25) is 5.91 Å². The molecule has 7 nitrogen and oxygen atoms in total. The highest BCUT2D eigenvalue weighted by Gasteiger charge is 2.09. The van der Waals surface area contributed by atoms with Gasteiger partial charge in [-0.05, 0) is 12.1 Å². The number of anilines is 1. The molecule has 1 aromatic carbocycles. The lowest BCUT2D eigenvalue weighted by Crippen LogP contribution is -2.19. The molecule has 3 aromatic rings. The minimum Gasteiger partial charge on any atom is -0.307 e. The van der Waals surface area contributed by atoms with Crippen molar-refractivity contribution in [2.24, 2.45) is 0 Å². The van der Waals surface area contributed by atoms with Crippen LogP contribution in [-0.4, -0.2) is 31.1 Å². The number of carbonyl (C=O) groups excluding carboxylic acids is 1. The van der Waals surface area contributed by atoms with Crippen LogP contribution in [0.5, 0.6) is 0 Å². The summed E-state index contributed by atoms with van der Waals surface area (Å²) in [6.45, 7) is 0.112. The number of aromatic amines is 1. The van der Waals surface area contributed by atoms with Crippen LogP contribution in [-0.2, 0) is 11.3 Å². The highest BCUT2D eigenvalue weighted by atomic mass is 16.2. The molecule has 0 atom stereocenters. The van der Waals surface area contributed by atoms with E-state index in [4.69, 9.17) is 0 Å². The Morgan fingerprint density at radius 1 is 1.39 bits per heavy atom. The van der Waals surface area contributed by atoms with Crippen molar-refractivity contribution in [1.82, 2.24) is 25.2 Å². The standard InChI is InChI=1S/C11H10N6O/c18-10(7-17-6-5-12-16-17)13-11-8-3-1-2-4-9(8)14-15-11/h1-6H,7H2,(H2,13,14,15,18). The van der Waals surface area contributed by atoms with Gasteiger partial charge in [-0.15, -0.1) is 5.10 Å². The first-order valence-electron chi connectivity index (χ1n) is 5.40. The zero-order valence-electron chi connectivity index (χ0n) is 9.37. The zero-order chi connectivity index (χ0) is 12.4. The average Bonchev–Trinajstić information content (AvgIpc) is 3.00. The van der Waals surface area contributed by atoms with Gasteiger partial charge in [0.15, 0.2) is 5.82 Å². The van der Waals surface area contributed by atoms with Gasteiger partial charge < -0.3 is 5.32 Å². The minimum absolute atomic E-state index is 0.112. The Bertz CT molecular complexity index is 672. The summed E-state index contributed by atoms with van der Waals surface area (Å²) in [5.74, 6) is 0.327. The molecule has 90 valence electrons. The third-order valence-corrected chi connectivity index (χ3v) is 2.51. The lowest BCUT2D eigenvalue weighted by atomic mass is 10.2. The van der Waals surface area contributed by atoms with Crippen molar-refractivity contribution in [2.45, 2.75) is 6.54 Å². The Kier molecular flexibility index (Phi) is 2.49. The molecular weight excluding hydrogens is 232 g/mol. The molecule has 1 amide bonds. The second-order valence-corrected chi connectivity index (χ2v) is 3.77. The van der Waals surface area contributed by atoms with Gasteiger partial charge in [0.25, 0.3) is 0 Å². The fourth-order valence-corrected chi connectivity index (χ4v) is 1.69. The largest absolute Gasteiger partial charge is 0.307 e. The van der Waals surface area contributed by atoms with Crippen molar-refractivity contribution in [3.8, 4) is 0 Å². The van der Waals surface area contributed by atoms with E-state index in [0.717, 1.165) is 10.9 Å². The molecule has 7 heteroatoms. The van der Waals surface area contributed by atoms with Crippen LogP contribution in [0.25, 0.3) is 10.9 Å². The van der Waals surface area contributed by atoms with E-state index in [-0.39, 0.29) is 12.5 Å². The summed E-state index contributed by atoms with van der Waals surface area (Å²) in [5, 5.41) is 17.9. The molecule has 2 heterocycles. The molecule has 0 unspecified atom stereocenters. The van der Waals surface area contributed by atoms with E-state index in [2.05, 4.69) is 25.8 Å². The van der Waals surface area contributed by atoms with Gasteiger partial charge in [0.05, 0.1) is 11.7 Å². The van der Waals surface area contributed by atoms with Crippen molar-refractivity contribution in [3.05, 3.63) is 36.7 Å². The summed E-state index contributed by atoms with van der Waals surface area (Å²) in [5.41, 5.74) is 0.883. The molecule has 18 heavy (non-hydrogen) atoms. The van der Waals surface area contributed by atoms with Crippen LogP contribution >= 0.6 is 0 Å². The van der Waals surface area contributed by atoms with Crippen molar-refractivity contribution in [2.75, 3.05) is 5.32 Å². The van der Waals surface area contributed by atoms with E-state index in [9.17, 15) is 4.79 Å². The quantitative estimate of drug-likeness (QED) is 0.710. The maximum atomic E-state index is 11.8. The van der Waals surface area contributed by atoms with Gasteiger partial charge in [-0.25, -0.2) is 4.68 Å². The lowest BCUT2D eigenvalue weighted by Gasteiger charge is -2.01. The SMILES string of the molecule is O=C(Cn1ccnn1)Nc1n[nH]c2ccccc12. The van der Waals surface area contributed by atoms with Gasteiger partial charge in [-0.1, -0.05) is 17.3 Å². The van der Waals surface area contributed by atoms with E-state index >= 15 is 0 Å². The van der Waals surface area contributed by atoms with Crippen LogP contribution in [0.4, 0.5) is 5.82 Å². The number of amides is 1. The first kappa shape index (κ1) is 10.5. The Morgan fingerprint density at radius 3 is 3.11 bits per heavy atom. The zero-order valence-corrected chi connectivity index (χ0v) is 9.37. The van der Waals surface area contributed by atoms with Gasteiger partial charge in [-0.3, -0.25) is 9.89 Å². The van der Waals surface area contributed by atoms with E-state index in [1.807, 2.05) is 24.3 Å². The highest BCUT2D eigenvalue weighted by Crippen LogP contribution is 2.19. The van der Waals surface area contributed by atoms with Gasteiger partial charge in [0, 0.05) is 11.6 Å². The van der Waals surface area contributed by atoms with Crippen LogP contribution in [0.15, 0.2) is 36.7 Å². The van der Waals surface area contributed by atoms with Crippen LogP contribution in [0.2, 0.25) is 0 Å². The Balaban J connectivity index is 1.78. The number of fused-ring (bicyclic) bond motifs is 1. The summed E-state index contributed by atoms with van der Waals surface area (Å²) in [6.07, 6.45) is 3.15. The fourth-order valence-electron chi connectivity index (χ4n) is 1.69. The summed E-state index contributed by atoms with van der Waals surface area (Å²) < 4.78 is 1.45. The molecular formula is C11H10N6O. The molecule has 0 saturated carbocycles. The maximum absolute atomic E-state index is 11.8. The first-order chi connectivity index (χ1) is 8.83.